The molecule has 2 aromatic heterocycles. The highest BCUT2D eigenvalue weighted by Gasteiger charge is 2.31. The minimum Gasteiger partial charge on any atom is -0.506 e. The Labute approximate surface area is 198 Å². The van der Waals surface area contributed by atoms with Gasteiger partial charge in [-0.2, -0.15) is 5.10 Å². The third-order valence-electron chi connectivity index (χ3n) is 4.88. The Balaban J connectivity index is 0.000000601. The zero-order chi connectivity index (χ0) is 23.9. The van der Waals surface area contributed by atoms with Gasteiger partial charge in [0.25, 0.3) is 0 Å². The zero-order valence-corrected chi connectivity index (χ0v) is 19.3. The van der Waals surface area contributed by atoms with Gasteiger partial charge < -0.3 is 19.7 Å². The van der Waals surface area contributed by atoms with E-state index in [0.29, 0.717) is 11.0 Å². The number of fused-ring (bicyclic) bond motifs is 4. The quantitative estimate of drug-likeness (QED) is 0.306. The molecule has 0 radical (unpaired) electrons. The first-order valence-corrected chi connectivity index (χ1v) is 11.1. The average Bonchev–Trinajstić information content (AvgIpc) is 3.19. The van der Waals surface area contributed by atoms with Gasteiger partial charge in [-0.25, -0.2) is 18.2 Å². The average molecular weight is 547 g/mol. The number of H-pyrrole nitrogens is 1. The number of ether oxygens (including phenoxy) is 2. The van der Waals surface area contributed by atoms with Gasteiger partial charge in [0, 0.05) is 28.0 Å². The van der Waals surface area contributed by atoms with Crippen molar-refractivity contribution in [1.82, 2.24) is 15.2 Å². The van der Waals surface area contributed by atoms with E-state index in [-0.39, 0.29) is 63.7 Å². The van der Waals surface area contributed by atoms with Crippen molar-refractivity contribution in [3.05, 3.63) is 40.3 Å². The molecule has 12 heteroatoms. The number of pyridine rings is 1. The number of nitrogens with one attached hydrogen (secondary N) is 1. The van der Waals surface area contributed by atoms with Crippen LogP contribution in [0.4, 0.5) is 13.2 Å². The summed E-state index contributed by atoms with van der Waals surface area (Å²) in [6.07, 6.45) is 0. The van der Waals surface area contributed by atoms with Gasteiger partial charge in [-0.05, 0) is 13.0 Å². The molecule has 0 bridgehead atoms. The third kappa shape index (κ3) is 3.94. The number of aromatic amines is 1. The number of phenols is 1. The van der Waals surface area contributed by atoms with Crippen molar-refractivity contribution in [2.45, 2.75) is 6.92 Å². The van der Waals surface area contributed by atoms with E-state index in [0.717, 1.165) is 12.1 Å². The second-order valence-corrected chi connectivity index (χ2v) is 8.14. The molecule has 0 unspecified atom stereocenters. The Bertz CT molecular complexity index is 1380. The van der Waals surface area contributed by atoms with Crippen molar-refractivity contribution in [1.29, 1.82) is 0 Å². The van der Waals surface area contributed by atoms with E-state index in [2.05, 4.69) is 31.1 Å². The number of phenolic OH excluding ortho intramolecular Hbond substituents is 1. The monoisotopic (exact) mass is 545 g/mol. The summed E-state index contributed by atoms with van der Waals surface area (Å²) < 4.78 is 56.2. The van der Waals surface area contributed by atoms with Gasteiger partial charge in [0.05, 0.1) is 28.1 Å². The Morgan fingerprint density at radius 2 is 1.70 bits per heavy atom. The molecule has 0 aliphatic carbocycles. The molecule has 174 valence electrons. The molecule has 0 spiro atoms. The smallest absolute Gasteiger partial charge is 0.201 e. The summed E-state index contributed by atoms with van der Waals surface area (Å²) in [7, 11) is 0. The summed E-state index contributed by atoms with van der Waals surface area (Å²) in [6.45, 7) is 1.95. The number of alkyl halides is 1. The van der Waals surface area contributed by atoms with Crippen LogP contribution in [0.5, 0.6) is 17.2 Å². The molecule has 0 fully saturated rings. The Hall–Kier alpha value is -2.76. The van der Waals surface area contributed by atoms with Crippen molar-refractivity contribution < 1.29 is 32.9 Å². The molecule has 4 aromatic rings. The number of aryl methyl sites for hydroxylation is 1. The van der Waals surface area contributed by atoms with Gasteiger partial charge in [0.1, 0.15) is 24.8 Å². The predicted octanol–water partition coefficient (Wildman–Crippen LogP) is 5.01. The fourth-order valence-corrected chi connectivity index (χ4v) is 3.68. The van der Waals surface area contributed by atoms with E-state index in [1.54, 1.807) is 6.92 Å². The summed E-state index contributed by atoms with van der Waals surface area (Å²) >= 11 is 8.92. The lowest BCUT2D eigenvalue weighted by Crippen LogP contribution is -2.18. The lowest BCUT2D eigenvalue weighted by atomic mass is 9.98. The maximum absolute atomic E-state index is 15.5. The fourth-order valence-electron chi connectivity index (χ4n) is 3.52. The van der Waals surface area contributed by atoms with Crippen LogP contribution in [0.15, 0.2) is 12.1 Å². The van der Waals surface area contributed by atoms with E-state index in [1.165, 1.54) is 0 Å². The number of hydrogen-bond acceptors (Lipinski definition) is 6. The molecule has 1 aliphatic heterocycles. The van der Waals surface area contributed by atoms with Crippen LogP contribution in [0, 0.1) is 24.4 Å². The van der Waals surface area contributed by atoms with Crippen LogP contribution in [0.1, 0.15) is 5.69 Å². The Morgan fingerprint density at radius 3 is 2.30 bits per heavy atom. The number of halogens is 5. The van der Waals surface area contributed by atoms with Crippen molar-refractivity contribution in [3.8, 4) is 28.5 Å². The van der Waals surface area contributed by atoms with Gasteiger partial charge in [0.2, 0.25) is 11.5 Å². The fraction of sp³-hybridized carbons (Fsp3) is 0.238. The first-order chi connectivity index (χ1) is 15.8. The summed E-state index contributed by atoms with van der Waals surface area (Å²) in [4.78, 5) is 4.25. The molecule has 1 aliphatic rings. The number of aliphatic hydroxyl groups is 1. The second kappa shape index (κ2) is 9.24. The van der Waals surface area contributed by atoms with Gasteiger partial charge >= 0.3 is 0 Å². The highest BCUT2D eigenvalue weighted by Crippen LogP contribution is 2.47. The molecule has 0 amide bonds. The van der Waals surface area contributed by atoms with Crippen LogP contribution in [0.25, 0.3) is 33.1 Å². The van der Waals surface area contributed by atoms with Crippen LogP contribution in [0.3, 0.4) is 0 Å². The first kappa shape index (κ1) is 23.4. The lowest BCUT2D eigenvalue weighted by molar-refractivity contribution is 0.158. The molecule has 5 rings (SSSR count). The third-order valence-corrected chi connectivity index (χ3v) is 5.54. The number of aromatic hydroxyl groups is 1. The van der Waals surface area contributed by atoms with Crippen molar-refractivity contribution in [3.63, 3.8) is 0 Å². The Kier molecular flexibility index (Phi) is 6.55. The van der Waals surface area contributed by atoms with Crippen molar-refractivity contribution in [2.24, 2.45) is 0 Å². The largest absolute Gasteiger partial charge is 0.506 e. The minimum absolute atomic E-state index is 0.0318. The van der Waals surface area contributed by atoms with Gasteiger partial charge in [-0.1, -0.05) is 27.5 Å². The van der Waals surface area contributed by atoms with Crippen molar-refractivity contribution >= 4 is 49.3 Å². The molecule has 0 saturated carbocycles. The number of hydrogen-bond donors (Lipinski definition) is 3. The number of benzene rings is 2. The topological polar surface area (TPSA) is 100 Å². The first-order valence-electron chi connectivity index (χ1n) is 9.60. The summed E-state index contributed by atoms with van der Waals surface area (Å²) in [5, 5.41) is 24.4. The lowest BCUT2D eigenvalue weighted by Gasteiger charge is -2.22. The molecule has 0 atom stereocenters. The SMILES string of the molecule is Cc1[nH]nc2nc(-c3cc(Cl)c(O)cc3F)c3c(F)c4c(c(F)c3c12)OCCO4.OCCBr. The van der Waals surface area contributed by atoms with Gasteiger partial charge in [0.15, 0.2) is 17.3 Å². The van der Waals surface area contributed by atoms with Crippen molar-refractivity contribution in [2.75, 3.05) is 25.2 Å². The maximum atomic E-state index is 15.5. The van der Waals surface area contributed by atoms with Crippen LogP contribution < -0.4 is 9.47 Å². The van der Waals surface area contributed by atoms with Crippen LogP contribution >= 0.6 is 27.5 Å². The van der Waals surface area contributed by atoms with E-state index < -0.39 is 29.0 Å². The number of aliphatic hydroxyl groups excluding tert-OH is 1. The summed E-state index contributed by atoms with van der Waals surface area (Å²) in [5.41, 5.74) is 0.0499. The molecular weight excluding hydrogens is 531 g/mol. The van der Waals surface area contributed by atoms with E-state index in [1.807, 2.05) is 0 Å². The number of aromatic nitrogens is 3. The highest BCUT2D eigenvalue weighted by atomic mass is 79.9. The molecular formula is C21H16BrClF3N3O4. The zero-order valence-electron chi connectivity index (χ0n) is 17.0. The summed E-state index contributed by atoms with van der Waals surface area (Å²) in [6, 6.07) is 1.87. The Morgan fingerprint density at radius 1 is 1.09 bits per heavy atom. The van der Waals surface area contributed by atoms with E-state index >= 15 is 8.78 Å². The van der Waals surface area contributed by atoms with Crippen LogP contribution in [0.2, 0.25) is 5.02 Å². The predicted molar refractivity (Wildman–Crippen MR) is 120 cm³/mol. The van der Waals surface area contributed by atoms with Gasteiger partial charge in [-0.15, -0.1) is 0 Å². The molecule has 2 aromatic carbocycles. The van der Waals surface area contributed by atoms with E-state index in [4.69, 9.17) is 26.2 Å². The summed E-state index contributed by atoms with van der Waals surface area (Å²) in [5.74, 6) is -3.97. The van der Waals surface area contributed by atoms with Crippen LogP contribution in [-0.4, -0.2) is 50.5 Å². The minimum atomic E-state index is -0.940. The van der Waals surface area contributed by atoms with Gasteiger partial charge in [-0.3, -0.25) is 5.10 Å². The van der Waals surface area contributed by atoms with Crippen LogP contribution in [-0.2, 0) is 0 Å². The second-order valence-electron chi connectivity index (χ2n) is 6.94. The molecule has 7 nitrogen and oxygen atoms in total. The normalized spacial score (nSPS) is 12.7. The molecule has 33 heavy (non-hydrogen) atoms. The molecule has 3 heterocycles. The van der Waals surface area contributed by atoms with E-state index in [9.17, 15) is 9.50 Å². The standard InChI is InChI=1S/C19H11ClF3N3O3.C2H5BrO/c1-6-11-12-13(15(23)18-17(14(12)22)28-2-3-29-18)16(24-19(11)26-25-6)7-4-8(20)10(27)5-9(7)21;3-1-2-4/h4-5,27H,2-3H2,1H3,(H,24,25,26);4H,1-2H2. The number of nitrogens with zero attached hydrogens (tertiary/aromatic N) is 2. The number of rotatable bonds is 2. The highest BCUT2D eigenvalue weighted by molar-refractivity contribution is 9.09. The molecule has 3 N–H and O–H groups in total. The maximum Gasteiger partial charge on any atom is 0.201 e. The molecule has 0 saturated heterocycles.